The Morgan fingerprint density at radius 1 is 0.610 bits per heavy atom. The third-order valence-electron chi connectivity index (χ3n) is 10.6. The smallest absolute Gasteiger partial charge is 0.0628 e. The van der Waals surface area contributed by atoms with Crippen LogP contribution >= 0.6 is 0 Å². The second kappa shape index (κ2) is 17.9. The SMILES string of the molecule is CC.CC1CC(OC2CCN(CC3CCNCC3)CC2)C1.CN1CCC(CN2CCC(OC3CC(O)C3)CC2)CC1. The van der Waals surface area contributed by atoms with Gasteiger partial charge < -0.3 is 34.6 Å². The van der Waals surface area contributed by atoms with Gasteiger partial charge in [-0.2, -0.15) is 0 Å². The van der Waals surface area contributed by atoms with Gasteiger partial charge in [-0.3, -0.25) is 0 Å². The lowest BCUT2D eigenvalue weighted by molar-refractivity contribution is -0.117. The first-order chi connectivity index (χ1) is 20.0. The highest BCUT2D eigenvalue weighted by atomic mass is 16.5. The van der Waals surface area contributed by atoms with Crippen LogP contribution in [0.25, 0.3) is 0 Å². The van der Waals surface area contributed by atoms with Crippen molar-refractivity contribution in [3.63, 3.8) is 0 Å². The molecule has 41 heavy (non-hydrogen) atoms. The van der Waals surface area contributed by atoms with Crippen LogP contribution in [0.3, 0.4) is 0 Å². The molecule has 2 N–H and O–H groups in total. The van der Waals surface area contributed by atoms with E-state index in [0.717, 1.165) is 30.6 Å². The summed E-state index contributed by atoms with van der Waals surface area (Å²) < 4.78 is 12.3. The molecule has 0 unspecified atom stereocenters. The van der Waals surface area contributed by atoms with E-state index < -0.39 is 0 Å². The minimum absolute atomic E-state index is 0.0930. The molecule has 6 rings (SSSR count). The molecule has 4 aliphatic heterocycles. The standard InChI is InChI=1S/C16H30N2O2.C16H30N2O.C2H6/c1-17-6-2-13(3-7-17)12-18-8-4-15(5-9-18)20-16-10-14(19)11-16;1-13-10-16(11-13)19-15-4-8-18(9-5-15)12-14-2-6-17-7-3-14;1-2/h13-16,19H,2-12H2,1H3;13-17H,2-12H2,1H3;1-2H3. The minimum atomic E-state index is -0.0930. The van der Waals surface area contributed by atoms with Crippen molar-refractivity contribution >= 4 is 0 Å². The number of nitrogens with one attached hydrogen (secondary N) is 1. The van der Waals surface area contributed by atoms with Gasteiger partial charge in [0.05, 0.1) is 30.5 Å². The average molecular weight is 579 g/mol. The molecule has 4 heterocycles. The van der Waals surface area contributed by atoms with E-state index in [2.05, 4.69) is 34.0 Å². The van der Waals surface area contributed by atoms with E-state index in [1.807, 2.05) is 13.8 Å². The lowest BCUT2D eigenvalue weighted by Gasteiger charge is -2.40. The Kier molecular flexibility index (Phi) is 14.7. The van der Waals surface area contributed by atoms with Crippen LogP contribution in [0.15, 0.2) is 0 Å². The fraction of sp³-hybridized carbons (Fsp3) is 1.00. The van der Waals surface area contributed by atoms with Gasteiger partial charge in [0.2, 0.25) is 0 Å². The average Bonchev–Trinajstić information content (AvgIpc) is 2.97. The van der Waals surface area contributed by atoms with Crippen molar-refractivity contribution in [2.75, 3.05) is 72.5 Å². The fourth-order valence-corrected chi connectivity index (χ4v) is 7.63. The molecule has 0 amide bonds. The van der Waals surface area contributed by atoms with Crippen LogP contribution in [0.4, 0.5) is 0 Å². The monoisotopic (exact) mass is 579 g/mol. The van der Waals surface area contributed by atoms with Gasteiger partial charge in [-0.1, -0.05) is 20.8 Å². The lowest BCUT2D eigenvalue weighted by Crippen LogP contribution is -2.44. The molecule has 0 radical (unpaired) electrons. The molecule has 0 spiro atoms. The summed E-state index contributed by atoms with van der Waals surface area (Å²) in [5.41, 5.74) is 0. The maximum Gasteiger partial charge on any atom is 0.0628 e. The summed E-state index contributed by atoms with van der Waals surface area (Å²) in [4.78, 5) is 7.77. The zero-order valence-corrected chi connectivity index (χ0v) is 27.3. The van der Waals surface area contributed by atoms with Crippen LogP contribution in [-0.4, -0.2) is 123 Å². The molecule has 0 aromatic rings. The Balaban J connectivity index is 0.000000178. The highest BCUT2D eigenvalue weighted by molar-refractivity contribution is 4.84. The normalized spacial score (nSPS) is 33.6. The van der Waals surface area contributed by atoms with E-state index in [9.17, 15) is 5.11 Å². The van der Waals surface area contributed by atoms with Crippen LogP contribution in [0.5, 0.6) is 0 Å². The Hall–Kier alpha value is -0.280. The summed E-state index contributed by atoms with van der Waals surface area (Å²) in [5.74, 6) is 2.75. The van der Waals surface area contributed by atoms with E-state index in [0.29, 0.717) is 24.4 Å². The quantitative estimate of drug-likeness (QED) is 0.436. The molecule has 240 valence electrons. The van der Waals surface area contributed by atoms with Crippen molar-refractivity contribution < 1.29 is 14.6 Å². The number of aliphatic hydroxyl groups excluding tert-OH is 1. The van der Waals surface area contributed by atoms with Gasteiger partial charge >= 0.3 is 0 Å². The van der Waals surface area contributed by atoms with Crippen LogP contribution < -0.4 is 5.32 Å². The summed E-state index contributed by atoms with van der Waals surface area (Å²) in [5, 5.41) is 12.8. The van der Waals surface area contributed by atoms with Crippen molar-refractivity contribution in [2.24, 2.45) is 17.8 Å². The van der Waals surface area contributed by atoms with Crippen molar-refractivity contribution in [3.05, 3.63) is 0 Å². The Labute approximate surface area is 253 Å². The summed E-state index contributed by atoms with van der Waals surface area (Å²) in [6.45, 7) is 18.9. The summed E-state index contributed by atoms with van der Waals surface area (Å²) >= 11 is 0. The van der Waals surface area contributed by atoms with E-state index in [4.69, 9.17) is 9.47 Å². The number of piperidine rings is 4. The second-order valence-corrected chi connectivity index (χ2v) is 14.2. The van der Waals surface area contributed by atoms with Crippen molar-refractivity contribution in [3.8, 4) is 0 Å². The topological polar surface area (TPSA) is 60.4 Å². The molecule has 0 aromatic heterocycles. The van der Waals surface area contributed by atoms with Crippen LogP contribution in [0, 0.1) is 17.8 Å². The predicted octanol–water partition coefficient (Wildman–Crippen LogP) is 4.62. The number of hydrogen-bond acceptors (Lipinski definition) is 7. The number of ether oxygens (including phenoxy) is 2. The molecule has 6 fully saturated rings. The van der Waals surface area contributed by atoms with Crippen LogP contribution in [-0.2, 0) is 9.47 Å². The lowest BCUT2D eigenvalue weighted by atomic mass is 9.84. The molecule has 7 nitrogen and oxygen atoms in total. The molecule has 4 saturated heterocycles. The van der Waals surface area contributed by atoms with E-state index in [1.165, 1.54) is 130 Å². The molecular formula is C34H66N4O3. The molecule has 0 aromatic carbocycles. The fourth-order valence-electron chi connectivity index (χ4n) is 7.63. The number of nitrogens with zero attached hydrogens (tertiary/aromatic N) is 3. The molecule has 0 bridgehead atoms. The first-order valence-electron chi connectivity index (χ1n) is 17.8. The van der Waals surface area contributed by atoms with Gasteiger partial charge in [0.15, 0.2) is 0 Å². The maximum absolute atomic E-state index is 9.30. The van der Waals surface area contributed by atoms with Crippen LogP contribution in [0.1, 0.15) is 97.8 Å². The maximum atomic E-state index is 9.30. The number of rotatable bonds is 8. The first-order valence-corrected chi connectivity index (χ1v) is 17.8. The predicted molar refractivity (Wildman–Crippen MR) is 169 cm³/mol. The molecule has 0 atom stereocenters. The van der Waals surface area contributed by atoms with Crippen molar-refractivity contribution in [1.29, 1.82) is 0 Å². The number of hydrogen-bond donors (Lipinski definition) is 2. The Morgan fingerprint density at radius 2 is 1.05 bits per heavy atom. The molecule has 7 heteroatoms. The van der Waals surface area contributed by atoms with Crippen molar-refractivity contribution in [1.82, 2.24) is 20.0 Å². The zero-order chi connectivity index (χ0) is 29.0. The van der Waals surface area contributed by atoms with Gasteiger partial charge in [0.1, 0.15) is 0 Å². The summed E-state index contributed by atoms with van der Waals surface area (Å²) in [6.07, 6.45) is 16.5. The number of aliphatic hydroxyl groups is 1. The third kappa shape index (κ3) is 11.6. The van der Waals surface area contributed by atoms with Gasteiger partial charge in [-0.25, -0.2) is 0 Å². The Bertz CT molecular complexity index is 671. The minimum Gasteiger partial charge on any atom is -0.393 e. The summed E-state index contributed by atoms with van der Waals surface area (Å²) in [6, 6.07) is 0. The van der Waals surface area contributed by atoms with E-state index >= 15 is 0 Å². The zero-order valence-electron chi connectivity index (χ0n) is 27.3. The third-order valence-corrected chi connectivity index (χ3v) is 10.6. The molecular weight excluding hydrogens is 512 g/mol. The van der Waals surface area contributed by atoms with Crippen molar-refractivity contribution in [2.45, 2.75) is 128 Å². The van der Waals surface area contributed by atoms with Crippen LogP contribution in [0.2, 0.25) is 0 Å². The highest BCUT2D eigenvalue weighted by Crippen LogP contribution is 2.32. The Morgan fingerprint density at radius 3 is 1.49 bits per heavy atom. The largest absolute Gasteiger partial charge is 0.393 e. The molecule has 6 aliphatic rings. The molecule has 2 aliphatic carbocycles. The van der Waals surface area contributed by atoms with Gasteiger partial charge in [-0.05, 0) is 128 Å². The molecule has 2 saturated carbocycles. The highest BCUT2D eigenvalue weighted by Gasteiger charge is 2.33. The second-order valence-electron chi connectivity index (χ2n) is 14.2. The first kappa shape index (κ1) is 33.6. The van der Waals surface area contributed by atoms with Gasteiger partial charge in [-0.15, -0.1) is 0 Å². The van der Waals surface area contributed by atoms with E-state index in [1.54, 1.807) is 0 Å². The van der Waals surface area contributed by atoms with Gasteiger partial charge in [0, 0.05) is 39.3 Å². The van der Waals surface area contributed by atoms with Gasteiger partial charge in [0.25, 0.3) is 0 Å². The van der Waals surface area contributed by atoms with E-state index in [-0.39, 0.29) is 6.10 Å². The summed E-state index contributed by atoms with van der Waals surface area (Å²) in [7, 11) is 2.23. The number of likely N-dealkylation sites (tertiary alicyclic amines) is 3.